The van der Waals surface area contributed by atoms with Gasteiger partial charge in [-0.15, -0.1) is 5.54 Å². The van der Waals surface area contributed by atoms with Crippen molar-refractivity contribution in [2.75, 3.05) is 0 Å². The van der Waals surface area contributed by atoms with Crippen molar-refractivity contribution in [2.24, 2.45) is 0 Å². The molecular formula is C20H17F3O3SSi. The lowest BCUT2D eigenvalue weighted by Crippen LogP contribution is -2.28. The van der Waals surface area contributed by atoms with Gasteiger partial charge in [0, 0.05) is 10.9 Å². The molecule has 28 heavy (non-hydrogen) atoms. The molecule has 0 unspecified atom stereocenters. The molecule has 0 bridgehead atoms. The number of hydrogen-bond acceptors (Lipinski definition) is 3. The average Bonchev–Trinajstić information content (AvgIpc) is 2.56. The second-order valence-electron chi connectivity index (χ2n) is 7.34. The first kappa shape index (κ1) is 20.2. The van der Waals surface area contributed by atoms with Gasteiger partial charge in [-0.05, 0) is 40.4 Å². The number of benzene rings is 3. The highest BCUT2D eigenvalue weighted by molar-refractivity contribution is 7.88. The van der Waals surface area contributed by atoms with Gasteiger partial charge in [0.1, 0.15) is 8.07 Å². The van der Waals surface area contributed by atoms with Gasteiger partial charge in [-0.2, -0.15) is 21.6 Å². The van der Waals surface area contributed by atoms with Crippen molar-refractivity contribution in [3.05, 3.63) is 54.1 Å². The van der Waals surface area contributed by atoms with Crippen LogP contribution in [0.25, 0.3) is 21.5 Å². The molecule has 0 aromatic heterocycles. The number of alkyl halides is 3. The maximum absolute atomic E-state index is 12.7. The van der Waals surface area contributed by atoms with Gasteiger partial charge in [0.15, 0.2) is 5.75 Å². The third kappa shape index (κ3) is 4.16. The Morgan fingerprint density at radius 3 is 2.14 bits per heavy atom. The third-order valence-electron chi connectivity index (χ3n) is 3.89. The van der Waals surface area contributed by atoms with Crippen molar-refractivity contribution >= 4 is 39.7 Å². The topological polar surface area (TPSA) is 43.4 Å². The smallest absolute Gasteiger partial charge is 0.375 e. The fourth-order valence-electron chi connectivity index (χ4n) is 2.63. The van der Waals surface area contributed by atoms with Crippen LogP contribution in [0.3, 0.4) is 0 Å². The predicted octanol–water partition coefficient (Wildman–Crippen LogP) is 5.45. The third-order valence-corrected chi connectivity index (χ3v) is 5.74. The van der Waals surface area contributed by atoms with Crippen LogP contribution in [0.2, 0.25) is 19.6 Å². The van der Waals surface area contributed by atoms with Crippen LogP contribution in [0.5, 0.6) is 5.75 Å². The van der Waals surface area contributed by atoms with Crippen LogP contribution in [-0.2, 0) is 10.1 Å². The second-order valence-corrected chi connectivity index (χ2v) is 13.6. The van der Waals surface area contributed by atoms with Crippen molar-refractivity contribution in [2.45, 2.75) is 25.1 Å². The van der Waals surface area contributed by atoms with Crippen molar-refractivity contribution < 1.29 is 25.8 Å². The van der Waals surface area contributed by atoms with Crippen molar-refractivity contribution in [1.82, 2.24) is 0 Å². The lowest BCUT2D eigenvalue weighted by atomic mass is 9.99. The quantitative estimate of drug-likeness (QED) is 0.181. The average molecular weight is 423 g/mol. The molecule has 0 heterocycles. The minimum atomic E-state index is -5.76. The molecule has 3 rings (SSSR count). The molecule has 0 aliphatic carbocycles. The zero-order chi connectivity index (χ0) is 20.7. The summed E-state index contributed by atoms with van der Waals surface area (Å²) in [5, 5.41) is 2.41. The van der Waals surface area contributed by atoms with Gasteiger partial charge in [0.25, 0.3) is 0 Å². The Morgan fingerprint density at radius 2 is 1.54 bits per heavy atom. The Labute approximate surface area is 162 Å². The van der Waals surface area contributed by atoms with E-state index in [2.05, 4.69) is 35.3 Å². The molecule has 0 N–H and O–H groups in total. The number of rotatable bonds is 2. The molecular weight excluding hydrogens is 405 g/mol. The zero-order valence-electron chi connectivity index (χ0n) is 15.4. The molecule has 0 saturated carbocycles. The van der Waals surface area contributed by atoms with E-state index in [0.717, 1.165) is 16.3 Å². The van der Waals surface area contributed by atoms with E-state index in [0.29, 0.717) is 5.39 Å². The Bertz CT molecular complexity index is 1230. The highest BCUT2D eigenvalue weighted by Crippen LogP contribution is 2.34. The molecule has 8 heteroatoms. The summed E-state index contributed by atoms with van der Waals surface area (Å²) in [5.74, 6) is 2.79. The molecule has 0 aliphatic heterocycles. The maximum Gasteiger partial charge on any atom is 0.534 e. The predicted molar refractivity (Wildman–Crippen MR) is 107 cm³/mol. The molecule has 146 valence electrons. The minimum Gasteiger partial charge on any atom is -0.375 e. The summed E-state index contributed by atoms with van der Waals surface area (Å²) in [6.45, 7) is 6.32. The fraction of sp³-hybridized carbons (Fsp3) is 0.200. The summed E-state index contributed by atoms with van der Waals surface area (Å²) in [7, 11) is -7.39. The molecule has 0 amide bonds. The van der Waals surface area contributed by atoms with Crippen LogP contribution < -0.4 is 4.18 Å². The van der Waals surface area contributed by atoms with E-state index in [1.165, 1.54) is 12.1 Å². The lowest BCUT2D eigenvalue weighted by Gasteiger charge is -2.12. The highest BCUT2D eigenvalue weighted by Gasteiger charge is 2.48. The maximum atomic E-state index is 12.7. The van der Waals surface area contributed by atoms with E-state index >= 15 is 0 Å². The Hall–Kier alpha value is -2.50. The lowest BCUT2D eigenvalue weighted by molar-refractivity contribution is -0.0499. The monoisotopic (exact) mass is 422 g/mol. The normalized spacial score (nSPS) is 12.6. The second kappa shape index (κ2) is 6.83. The van der Waals surface area contributed by atoms with Crippen LogP contribution in [0.15, 0.2) is 48.5 Å². The summed E-state index contributed by atoms with van der Waals surface area (Å²) in [5.41, 5.74) is -1.50. The zero-order valence-corrected chi connectivity index (χ0v) is 17.2. The number of halogens is 3. The largest absolute Gasteiger partial charge is 0.534 e. The van der Waals surface area contributed by atoms with E-state index in [1.807, 2.05) is 18.2 Å². The Morgan fingerprint density at radius 1 is 0.929 bits per heavy atom. The fourth-order valence-corrected chi connectivity index (χ4v) is 3.61. The van der Waals surface area contributed by atoms with Crippen LogP contribution in [0.4, 0.5) is 13.2 Å². The molecule has 0 aliphatic rings. The number of fused-ring (bicyclic) bond motifs is 2. The first-order valence-corrected chi connectivity index (χ1v) is 13.3. The number of hydrogen-bond donors (Lipinski definition) is 0. The molecule has 3 aromatic carbocycles. The summed E-state index contributed by atoms with van der Waals surface area (Å²) in [6, 6.07) is 13.3. The molecule has 0 fully saturated rings. The molecule has 0 atom stereocenters. The molecule has 0 spiro atoms. The van der Waals surface area contributed by atoms with Gasteiger partial charge < -0.3 is 4.18 Å². The van der Waals surface area contributed by atoms with Gasteiger partial charge in [-0.25, -0.2) is 0 Å². The van der Waals surface area contributed by atoms with Crippen LogP contribution in [-0.4, -0.2) is 22.0 Å². The van der Waals surface area contributed by atoms with Crippen LogP contribution in [0.1, 0.15) is 5.56 Å². The van der Waals surface area contributed by atoms with E-state index in [4.69, 9.17) is 0 Å². The summed E-state index contributed by atoms with van der Waals surface area (Å²) in [6.07, 6.45) is 0. The van der Waals surface area contributed by atoms with Gasteiger partial charge in [0.05, 0.1) is 0 Å². The van der Waals surface area contributed by atoms with Crippen molar-refractivity contribution in [3.8, 4) is 17.2 Å². The van der Waals surface area contributed by atoms with Crippen molar-refractivity contribution in [1.29, 1.82) is 0 Å². The molecule has 0 saturated heterocycles. The van der Waals surface area contributed by atoms with E-state index in [9.17, 15) is 21.6 Å². The first-order chi connectivity index (χ1) is 12.9. The molecule has 3 aromatic rings. The van der Waals surface area contributed by atoms with Gasteiger partial charge >= 0.3 is 15.6 Å². The van der Waals surface area contributed by atoms with Crippen LogP contribution >= 0.6 is 0 Å². The van der Waals surface area contributed by atoms with E-state index < -0.39 is 23.7 Å². The molecule has 3 nitrogen and oxygen atoms in total. The Kier molecular flexibility index (Phi) is 4.94. The minimum absolute atomic E-state index is 0.269. The van der Waals surface area contributed by atoms with Gasteiger partial charge in [0.2, 0.25) is 0 Å². The Balaban J connectivity index is 2.24. The summed E-state index contributed by atoms with van der Waals surface area (Å²) >= 11 is 0. The standard InChI is InChI=1S/C20H17F3O3SSi/c1-28(2,3)11-10-14-6-4-7-15-12-16-8-5-9-19(18(16)13-17(14)15)26-27(24,25)20(21,22)23/h4-9,12-13H,1-3H3. The summed E-state index contributed by atoms with van der Waals surface area (Å²) in [4.78, 5) is 0. The van der Waals surface area contributed by atoms with E-state index in [-0.39, 0.29) is 11.1 Å². The van der Waals surface area contributed by atoms with E-state index in [1.54, 1.807) is 18.2 Å². The SMILES string of the molecule is C[Si](C)(C)C#Cc1cccc2cc3cccc(OS(=O)(=O)C(F)(F)F)c3cc12. The van der Waals surface area contributed by atoms with Crippen LogP contribution in [0, 0.1) is 11.5 Å². The first-order valence-electron chi connectivity index (χ1n) is 8.37. The van der Waals surface area contributed by atoms with Gasteiger partial charge in [-0.1, -0.05) is 49.8 Å². The van der Waals surface area contributed by atoms with Crippen molar-refractivity contribution in [3.63, 3.8) is 0 Å². The summed E-state index contributed by atoms with van der Waals surface area (Å²) < 4.78 is 65.5. The molecule has 0 radical (unpaired) electrons. The highest BCUT2D eigenvalue weighted by atomic mass is 32.2. The van der Waals surface area contributed by atoms with Gasteiger partial charge in [-0.3, -0.25) is 0 Å².